The van der Waals surface area contributed by atoms with Gasteiger partial charge in [0.2, 0.25) is 5.91 Å². The van der Waals surface area contributed by atoms with Gasteiger partial charge in [-0.15, -0.1) is 0 Å². The van der Waals surface area contributed by atoms with Crippen LogP contribution < -0.4 is 0 Å². The number of amides is 1. The summed E-state index contributed by atoms with van der Waals surface area (Å²) in [5.41, 5.74) is 0. The highest BCUT2D eigenvalue weighted by molar-refractivity contribution is 5.78. The monoisotopic (exact) mass is 284 g/mol. The van der Waals surface area contributed by atoms with Crippen molar-refractivity contribution in [3.8, 4) is 0 Å². The number of aliphatic hydroxyl groups is 2. The minimum atomic E-state index is -0.512. The lowest BCUT2D eigenvalue weighted by Gasteiger charge is -2.39. The highest BCUT2D eigenvalue weighted by Crippen LogP contribution is 2.22. The zero-order valence-electron chi connectivity index (χ0n) is 12.5. The molecule has 2 saturated heterocycles. The fourth-order valence-electron chi connectivity index (χ4n) is 3.43. The van der Waals surface area contributed by atoms with Crippen LogP contribution in [0.2, 0.25) is 0 Å². The number of hydrogen-bond acceptors (Lipinski definition) is 4. The molecule has 0 radical (unpaired) electrons. The molecule has 5 heteroatoms. The molecule has 0 unspecified atom stereocenters. The number of hydrogen-bond donors (Lipinski definition) is 2. The number of rotatable bonds is 6. The summed E-state index contributed by atoms with van der Waals surface area (Å²) in [6.07, 6.45) is 4.74. The van der Waals surface area contributed by atoms with E-state index in [1.54, 1.807) is 4.90 Å². The Kier molecular flexibility index (Phi) is 5.81. The highest BCUT2D eigenvalue weighted by Gasteiger charge is 2.30. The van der Waals surface area contributed by atoms with Gasteiger partial charge in [-0.1, -0.05) is 13.3 Å². The maximum atomic E-state index is 11.6. The van der Waals surface area contributed by atoms with Crippen molar-refractivity contribution in [2.45, 2.75) is 63.7 Å². The van der Waals surface area contributed by atoms with Crippen LogP contribution in [0, 0.1) is 0 Å². The molecular formula is C15H28N2O3. The lowest BCUT2D eigenvalue weighted by atomic mass is 9.95. The number of likely N-dealkylation sites (tertiary alicyclic amines) is 2. The first-order chi connectivity index (χ1) is 9.61. The molecule has 20 heavy (non-hydrogen) atoms. The van der Waals surface area contributed by atoms with Crippen molar-refractivity contribution in [1.82, 2.24) is 9.80 Å². The molecule has 116 valence electrons. The topological polar surface area (TPSA) is 64.0 Å². The zero-order valence-corrected chi connectivity index (χ0v) is 12.5. The zero-order chi connectivity index (χ0) is 14.5. The number of carbonyl (C=O) groups is 1. The Labute approximate surface area is 121 Å². The van der Waals surface area contributed by atoms with Gasteiger partial charge >= 0.3 is 0 Å². The van der Waals surface area contributed by atoms with Gasteiger partial charge in [0, 0.05) is 32.1 Å². The maximum Gasteiger partial charge on any atom is 0.222 e. The fourth-order valence-corrected chi connectivity index (χ4v) is 3.43. The van der Waals surface area contributed by atoms with Crippen LogP contribution in [-0.2, 0) is 4.79 Å². The minimum absolute atomic E-state index is 0.160. The number of piperidine rings is 1. The first-order valence-corrected chi connectivity index (χ1v) is 7.99. The lowest BCUT2D eigenvalue weighted by molar-refractivity contribution is -0.129. The summed E-state index contributed by atoms with van der Waals surface area (Å²) >= 11 is 0. The Morgan fingerprint density at radius 2 is 2.00 bits per heavy atom. The van der Waals surface area contributed by atoms with Crippen molar-refractivity contribution in [2.24, 2.45) is 0 Å². The van der Waals surface area contributed by atoms with E-state index < -0.39 is 6.10 Å². The van der Waals surface area contributed by atoms with Crippen molar-refractivity contribution in [3.63, 3.8) is 0 Å². The standard InChI is InChI=1S/C15H28N2O3/c1-2-14(19)13-6-3-4-8-16(13)10-12(18)11-17-9-5-7-15(17)20/h12-14,18-19H,2-11H2,1H3/t12-,13-,14+/m1/s1. The fraction of sp³-hybridized carbons (Fsp3) is 0.933. The van der Waals surface area contributed by atoms with Crippen LogP contribution in [-0.4, -0.2) is 70.3 Å². The average molecular weight is 284 g/mol. The summed E-state index contributed by atoms with van der Waals surface area (Å²) in [7, 11) is 0. The molecule has 0 bridgehead atoms. The van der Waals surface area contributed by atoms with E-state index in [0.717, 1.165) is 45.2 Å². The van der Waals surface area contributed by atoms with E-state index in [9.17, 15) is 15.0 Å². The van der Waals surface area contributed by atoms with Gasteiger partial charge in [-0.05, 0) is 32.2 Å². The first-order valence-electron chi connectivity index (χ1n) is 7.99. The second kappa shape index (κ2) is 7.38. The molecule has 1 amide bonds. The lowest BCUT2D eigenvalue weighted by Crippen LogP contribution is -2.51. The number of carbonyl (C=O) groups excluding carboxylic acids is 1. The summed E-state index contributed by atoms with van der Waals surface area (Å²) in [5.74, 6) is 0.160. The summed E-state index contributed by atoms with van der Waals surface area (Å²) in [6.45, 7) is 4.70. The molecular weight excluding hydrogens is 256 g/mol. The van der Waals surface area contributed by atoms with Crippen LogP contribution in [0.3, 0.4) is 0 Å². The molecule has 2 rings (SSSR count). The molecule has 0 aromatic carbocycles. The van der Waals surface area contributed by atoms with Crippen molar-refractivity contribution in [2.75, 3.05) is 26.2 Å². The Morgan fingerprint density at radius 3 is 2.65 bits per heavy atom. The van der Waals surface area contributed by atoms with Crippen LogP contribution in [0.25, 0.3) is 0 Å². The van der Waals surface area contributed by atoms with Gasteiger partial charge in [0.1, 0.15) is 0 Å². The number of aliphatic hydroxyl groups excluding tert-OH is 2. The van der Waals surface area contributed by atoms with Gasteiger partial charge in [0.15, 0.2) is 0 Å². The molecule has 0 aromatic heterocycles. The molecule has 2 N–H and O–H groups in total. The third-order valence-electron chi connectivity index (χ3n) is 4.57. The highest BCUT2D eigenvalue weighted by atomic mass is 16.3. The summed E-state index contributed by atoms with van der Waals surface area (Å²) in [6, 6.07) is 0.165. The van der Waals surface area contributed by atoms with Crippen LogP contribution in [0.15, 0.2) is 0 Å². The quantitative estimate of drug-likeness (QED) is 0.749. The third-order valence-corrected chi connectivity index (χ3v) is 4.57. The van der Waals surface area contributed by atoms with E-state index in [0.29, 0.717) is 19.5 Å². The van der Waals surface area contributed by atoms with E-state index in [-0.39, 0.29) is 18.1 Å². The normalized spacial score (nSPS) is 27.9. The van der Waals surface area contributed by atoms with Crippen LogP contribution in [0.4, 0.5) is 0 Å². The minimum Gasteiger partial charge on any atom is -0.392 e. The molecule has 0 aromatic rings. The predicted octanol–water partition coefficient (Wildman–Crippen LogP) is 0.595. The van der Waals surface area contributed by atoms with E-state index in [2.05, 4.69) is 4.90 Å². The van der Waals surface area contributed by atoms with Gasteiger partial charge in [-0.3, -0.25) is 9.69 Å². The Bertz CT molecular complexity index is 324. The van der Waals surface area contributed by atoms with Gasteiger partial charge in [-0.2, -0.15) is 0 Å². The molecule has 5 nitrogen and oxygen atoms in total. The Morgan fingerprint density at radius 1 is 1.20 bits per heavy atom. The van der Waals surface area contributed by atoms with E-state index in [4.69, 9.17) is 0 Å². The summed E-state index contributed by atoms with van der Waals surface area (Å²) in [5, 5.41) is 20.3. The van der Waals surface area contributed by atoms with Crippen molar-refractivity contribution in [1.29, 1.82) is 0 Å². The largest absolute Gasteiger partial charge is 0.392 e. The SMILES string of the molecule is CC[C@H](O)[C@H]1CCCCN1C[C@@H](O)CN1CCCC1=O. The van der Waals surface area contributed by atoms with Crippen molar-refractivity contribution in [3.05, 3.63) is 0 Å². The Balaban J connectivity index is 1.84. The molecule has 0 spiro atoms. The van der Waals surface area contributed by atoms with Crippen LogP contribution in [0.5, 0.6) is 0 Å². The van der Waals surface area contributed by atoms with Crippen LogP contribution >= 0.6 is 0 Å². The maximum absolute atomic E-state index is 11.6. The third kappa shape index (κ3) is 3.93. The van der Waals surface area contributed by atoms with Crippen molar-refractivity contribution >= 4 is 5.91 Å². The molecule has 0 saturated carbocycles. The summed E-state index contributed by atoms with van der Waals surface area (Å²) in [4.78, 5) is 15.6. The molecule has 3 atom stereocenters. The molecule has 2 aliphatic heterocycles. The molecule has 2 fully saturated rings. The van der Waals surface area contributed by atoms with E-state index in [1.807, 2.05) is 6.92 Å². The van der Waals surface area contributed by atoms with Gasteiger partial charge in [0.05, 0.1) is 12.2 Å². The van der Waals surface area contributed by atoms with Crippen LogP contribution in [0.1, 0.15) is 45.4 Å². The van der Waals surface area contributed by atoms with Gasteiger partial charge in [-0.25, -0.2) is 0 Å². The molecule has 0 aliphatic carbocycles. The van der Waals surface area contributed by atoms with E-state index in [1.165, 1.54) is 0 Å². The second-order valence-corrected chi connectivity index (χ2v) is 6.13. The van der Waals surface area contributed by atoms with Gasteiger partial charge < -0.3 is 15.1 Å². The smallest absolute Gasteiger partial charge is 0.222 e. The average Bonchev–Trinajstić information content (AvgIpc) is 2.84. The van der Waals surface area contributed by atoms with E-state index >= 15 is 0 Å². The van der Waals surface area contributed by atoms with Gasteiger partial charge in [0.25, 0.3) is 0 Å². The summed E-state index contributed by atoms with van der Waals surface area (Å²) < 4.78 is 0. The van der Waals surface area contributed by atoms with Crippen molar-refractivity contribution < 1.29 is 15.0 Å². The second-order valence-electron chi connectivity index (χ2n) is 6.13. The predicted molar refractivity (Wildman–Crippen MR) is 77.3 cm³/mol. The number of nitrogens with zero attached hydrogens (tertiary/aromatic N) is 2. The Hall–Kier alpha value is -0.650. The first kappa shape index (κ1) is 15.7. The number of β-amino-alcohol motifs (C(OH)–C–C–N with tert-alkyl or cyclic N) is 1. The molecule has 2 heterocycles. The molecule has 2 aliphatic rings.